The second kappa shape index (κ2) is 4.88. The SMILES string of the molecule is C[n+]1cccc(C2OCCO2)c1.[I-]. The highest BCUT2D eigenvalue weighted by Gasteiger charge is 2.19. The van der Waals surface area contributed by atoms with Crippen molar-refractivity contribution in [1.29, 1.82) is 0 Å². The number of hydrogen-bond donors (Lipinski definition) is 0. The summed E-state index contributed by atoms with van der Waals surface area (Å²) in [6.07, 6.45) is 3.84. The topological polar surface area (TPSA) is 22.3 Å². The minimum atomic E-state index is -0.155. The smallest absolute Gasteiger partial charge is 0.189 e. The van der Waals surface area contributed by atoms with Gasteiger partial charge in [-0.05, 0) is 6.07 Å². The van der Waals surface area contributed by atoms with Crippen molar-refractivity contribution in [2.75, 3.05) is 13.2 Å². The number of hydrogen-bond acceptors (Lipinski definition) is 2. The van der Waals surface area contributed by atoms with Crippen molar-refractivity contribution in [3.8, 4) is 0 Å². The molecular formula is C9H12INO2. The van der Waals surface area contributed by atoms with Gasteiger partial charge in [0.1, 0.15) is 7.05 Å². The molecule has 2 heterocycles. The molecular weight excluding hydrogens is 281 g/mol. The molecule has 0 amide bonds. The second-order valence-corrected chi connectivity index (χ2v) is 2.88. The van der Waals surface area contributed by atoms with Gasteiger partial charge in [0.25, 0.3) is 0 Å². The second-order valence-electron chi connectivity index (χ2n) is 2.88. The van der Waals surface area contributed by atoms with Crippen LogP contribution in [-0.2, 0) is 16.5 Å². The molecule has 0 N–H and O–H groups in total. The van der Waals surface area contributed by atoms with Gasteiger partial charge in [-0.1, -0.05) is 0 Å². The predicted molar refractivity (Wildman–Crippen MR) is 42.3 cm³/mol. The average Bonchev–Trinajstić information content (AvgIpc) is 2.56. The standard InChI is InChI=1S/C9H12NO2.HI/c1-10-4-2-3-8(7-10)9-11-5-6-12-9;/h2-4,7,9H,5-6H2,1H3;1H/q+1;/p-1. The van der Waals surface area contributed by atoms with E-state index in [0.717, 1.165) is 5.56 Å². The van der Waals surface area contributed by atoms with Crippen molar-refractivity contribution >= 4 is 0 Å². The first-order chi connectivity index (χ1) is 5.86. The van der Waals surface area contributed by atoms with E-state index in [1.165, 1.54) is 0 Å². The van der Waals surface area contributed by atoms with Gasteiger partial charge in [0.15, 0.2) is 18.7 Å². The molecule has 0 aliphatic carbocycles. The highest BCUT2D eigenvalue weighted by molar-refractivity contribution is 5.07. The van der Waals surface area contributed by atoms with E-state index in [1.807, 2.05) is 36.1 Å². The Kier molecular flexibility index (Phi) is 4.08. The Hall–Kier alpha value is -0.200. The lowest BCUT2D eigenvalue weighted by atomic mass is 10.3. The molecule has 0 bridgehead atoms. The predicted octanol–water partition coefficient (Wildman–Crippen LogP) is -2.44. The summed E-state index contributed by atoms with van der Waals surface area (Å²) in [4.78, 5) is 0. The van der Waals surface area contributed by atoms with Crippen LogP contribution in [-0.4, -0.2) is 13.2 Å². The van der Waals surface area contributed by atoms with Crippen LogP contribution in [0, 0.1) is 0 Å². The molecule has 0 radical (unpaired) electrons. The molecule has 0 spiro atoms. The fourth-order valence-electron chi connectivity index (χ4n) is 1.30. The monoisotopic (exact) mass is 293 g/mol. The van der Waals surface area contributed by atoms with Crippen molar-refractivity contribution in [2.24, 2.45) is 7.05 Å². The number of nitrogens with zero attached hydrogens (tertiary/aromatic N) is 1. The van der Waals surface area contributed by atoms with Crippen LogP contribution in [0.5, 0.6) is 0 Å². The average molecular weight is 293 g/mol. The van der Waals surface area contributed by atoms with Gasteiger partial charge in [-0.25, -0.2) is 4.57 Å². The zero-order valence-electron chi connectivity index (χ0n) is 7.44. The number of halogens is 1. The summed E-state index contributed by atoms with van der Waals surface area (Å²) in [5.74, 6) is 0. The molecule has 1 saturated heterocycles. The molecule has 1 aromatic rings. The zero-order chi connectivity index (χ0) is 8.39. The molecule has 2 rings (SSSR count). The Morgan fingerprint density at radius 2 is 2.08 bits per heavy atom. The van der Waals surface area contributed by atoms with Crippen LogP contribution < -0.4 is 28.5 Å². The Bertz CT molecular complexity index is 274. The minimum absolute atomic E-state index is 0. The molecule has 0 atom stereocenters. The highest BCUT2D eigenvalue weighted by atomic mass is 127. The number of rotatable bonds is 1. The van der Waals surface area contributed by atoms with E-state index in [0.29, 0.717) is 13.2 Å². The van der Waals surface area contributed by atoms with Gasteiger partial charge in [0, 0.05) is 6.07 Å². The van der Waals surface area contributed by atoms with Crippen molar-refractivity contribution in [3.05, 3.63) is 30.1 Å². The lowest BCUT2D eigenvalue weighted by Gasteiger charge is -2.06. The maximum atomic E-state index is 5.36. The summed E-state index contributed by atoms with van der Waals surface area (Å²) in [5, 5.41) is 0. The fraction of sp³-hybridized carbons (Fsp3) is 0.444. The third-order valence-electron chi connectivity index (χ3n) is 1.86. The van der Waals surface area contributed by atoms with E-state index in [2.05, 4.69) is 0 Å². The molecule has 4 heteroatoms. The Balaban J connectivity index is 0.000000845. The van der Waals surface area contributed by atoms with Gasteiger partial charge in [0.05, 0.1) is 18.8 Å². The van der Waals surface area contributed by atoms with Crippen molar-refractivity contribution < 1.29 is 38.0 Å². The van der Waals surface area contributed by atoms with Crippen LogP contribution in [0.1, 0.15) is 11.9 Å². The summed E-state index contributed by atoms with van der Waals surface area (Å²) in [6, 6.07) is 4.00. The van der Waals surface area contributed by atoms with Gasteiger partial charge in [-0.3, -0.25) is 0 Å². The van der Waals surface area contributed by atoms with Crippen LogP contribution in [0.2, 0.25) is 0 Å². The van der Waals surface area contributed by atoms with Gasteiger partial charge >= 0.3 is 0 Å². The first-order valence-corrected chi connectivity index (χ1v) is 4.05. The number of aromatic nitrogens is 1. The summed E-state index contributed by atoms with van der Waals surface area (Å²) in [6.45, 7) is 1.40. The van der Waals surface area contributed by atoms with E-state index in [1.54, 1.807) is 0 Å². The van der Waals surface area contributed by atoms with Gasteiger partial charge in [0.2, 0.25) is 0 Å². The first kappa shape index (κ1) is 10.9. The summed E-state index contributed by atoms with van der Waals surface area (Å²) >= 11 is 0. The molecule has 72 valence electrons. The van der Waals surface area contributed by atoms with Gasteiger partial charge in [-0.15, -0.1) is 0 Å². The molecule has 1 aliphatic rings. The minimum Gasteiger partial charge on any atom is -1.00 e. The molecule has 1 aliphatic heterocycles. The van der Waals surface area contributed by atoms with Crippen LogP contribution in [0.3, 0.4) is 0 Å². The van der Waals surface area contributed by atoms with Gasteiger partial charge < -0.3 is 33.5 Å². The molecule has 1 aromatic heterocycles. The van der Waals surface area contributed by atoms with Crippen molar-refractivity contribution in [2.45, 2.75) is 6.29 Å². The van der Waals surface area contributed by atoms with Crippen LogP contribution in [0.15, 0.2) is 24.5 Å². The molecule has 0 aromatic carbocycles. The Morgan fingerprint density at radius 3 is 2.69 bits per heavy atom. The fourth-order valence-corrected chi connectivity index (χ4v) is 1.30. The highest BCUT2D eigenvalue weighted by Crippen LogP contribution is 2.21. The molecule has 13 heavy (non-hydrogen) atoms. The normalized spacial score (nSPS) is 17.0. The quantitative estimate of drug-likeness (QED) is 0.424. The Labute approximate surface area is 94.7 Å². The summed E-state index contributed by atoms with van der Waals surface area (Å²) in [5.41, 5.74) is 1.08. The molecule has 0 saturated carbocycles. The van der Waals surface area contributed by atoms with E-state index in [-0.39, 0.29) is 30.3 Å². The molecule has 3 nitrogen and oxygen atoms in total. The summed E-state index contributed by atoms with van der Waals surface area (Å²) in [7, 11) is 1.98. The van der Waals surface area contributed by atoms with Crippen molar-refractivity contribution in [1.82, 2.24) is 0 Å². The lowest BCUT2D eigenvalue weighted by Crippen LogP contribution is -3.00. The third-order valence-corrected chi connectivity index (χ3v) is 1.86. The maximum absolute atomic E-state index is 5.36. The first-order valence-electron chi connectivity index (χ1n) is 4.05. The third kappa shape index (κ3) is 2.62. The number of aryl methyl sites for hydroxylation is 1. The molecule has 0 unspecified atom stereocenters. The van der Waals surface area contributed by atoms with Gasteiger partial charge in [-0.2, -0.15) is 0 Å². The number of ether oxygens (including phenoxy) is 2. The van der Waals surface area contributed by atoms with Crippen molar-refractivity contribution in [3.63, 3.8) is 0 Å². The van der Waals surface area contributed by atoms with Crippen LogP contribution >= 0.6 is 0 Å². The number of pyridine rings is 1. The zero-order valence-corrected chi connectivity index (χ0v) is 9.60. The lowest BCUT2D eigenvalue weighted by molar-refractivity contribution is -0.672. The van der Waals surface area contributed by atoms with Crippen LogP contribution in [0.4, 0.5) is 0 Å². The van der Waals surface area contributed by atoms with E-state index in [9.17, 15) is 0 Å². The maximum Gasteiger partial charge on any atom is 0.189 e. The summed E-state index contributed by atoms with van der Waals surface area (Å²) < 4.78 is 12.7. The van der Waals surface area contributed by atoms with Crippen LogP contribution in [0.25, 0.3) is 0 Å². The largest absolute Gasteiger partial charge is 1.00 e. The van der Waals surface area contributed by atoms with E-state index in [4.69, 9.17) is 9.47 Å². The van der Waals surface area contributed by atoms with E-state index >= 15 is 0 Å². The molecule has 1 fully saturated rings. The Morgan fingerprint density at radius 1 is 1.38 bits per heavy atom. The van der Waals surface area contributed by atoms with E-state index < -0.39 is 0 Å².